The first-order valence-electron chi connectivity index (χ1n) is 9.08. The Morgan fingerprint density at radius 3 is 2.46 bits per heavy atom. The molecule has 3 aromatic rings. The van der Waals surface area contributed by atoms with Gasteiger partial charge in [-0.3, -0.25) is 4.99 Å². The Morgan fingerprint density at radius 1 is 1.07 bits per heavy atom. The number of amidine groups is 1. The predicted molar refractivity (Wildman–Crippen MR) is 117 cm³/mol. The van der Waals surface area contributed by atoms with E-state index in [4.69, 9.17) is 10.7 Å². The Balaban J connectivity index is 1.81. The number of aliphatic imine (C=N–C) groups is 1. The van der Waals surface area contributed by atoms with Crippen molar-refractivity contribution in [3.63, 3.8) is 0 Å². The lowest BCUT2D eigenvalue weighted by molar-refractivity contribution is 0.500. The molecule has 0 bridgehead atoms. The molecule has 0 spiro atoms. The smallest absolute Gasteiger partial charge is 0.165 e. The van der Waals surface area contributed by atoms with Gasteiger partial charge in [-0.25, -0.2) is 13.4 Å². The molecule has 2 N–H and O–H groups in total. The van der Waals surface area contributed by atoms with Crippen LogP contribution in [0, 0.1) is 6.92 Å². The van der Waals surface area contributed by atoms with Gasteiger partial charge in [0.2, 0.25) is 0 Å². The molecular formula is C21H23N3O2S2. The van der Waals surface area contributed by atoms with Crippen molar-refractivity contribution in [2.45, 2.75) is 38.0 Å². The van der Waals surface area contributed by atoms with Crippen molar-refractivity contribution < 1.29 is 8.42 Å². The Bertz CT molecular complexity index is 1230. The summed E-state index contributed by atoms with van der Waals surface area (Å²) >= 11 is 1.48. The quantitative estimate of drug-likeness (QED) is 0.687. The van der Waals surface area contributed by atoms with Gasteiger partial charge in [0.1, 0.15) is 21.1 Å². The molecule has 5 nitrogen and oxygen atoms in total. The largest absolute Gasteiger partial charge is 0.386 e. The van der Waals surface area contributed by atoms with E-state index in [0.717, 1.165) is 21.3 Å². The summed E-state index contributed by atoms with van der Waals surface area (Å²) in [5, 5.41) is 0.672. The number of rotatable bonds is 2. The Kier molecular flexibility index (Phi) is 4.17. The van der Waals surface area contributed by atoms with Crippen LogP contribution in [0.4, 0.5) is 0 Å². The average molecular weight is 414 g/mol. The predicted octanol–water partition coefficient (Wildman–Crippen LogP) is 4.05. The Labute approximate surface area is 169 Å². The molecule has 2 aromatic carbocycles. The summed E-state index contributed by atoms with van der Waals surface area (Å²) in [5.74, 6) is 0.0408. The summed E-state index contributed by atoms with van der Waals surface area (Å²) < 4.78 is 25.5. The van der Waals surface area contributed by atoms with E-state index in [-0.39, 0.29) is 11.6 Å². The van der Waals surface area contributed by atoms with E-state index in [1.54, 1.807) is 20.8 Å². The fraction of sp³-hybridized carbons (Fsp3) is 0.333. The lowest BCUT2D eigenvalue weighted by Crippen LogP contribution is -2.54. The lowest BCUT2D eigenvalue weighted by atomic mass is 10.0. The van der Waals surface area contributed by atoms with Crippen molar-refractivity contribution in [3.05, 3.63) is 53.0 Å². The standard InChI is InChI=1S/C21H23N3O2S2/c1-13-6-5-7-14(10-13)15-8-9-16-17(11-15)27-19(23-16)21(4)12-28(25,26)20(2,3)18(22)24-21/h5-11H,12H2,1-4H3,(H2,22,24)/t21-/m0/s1. The molecule has 1 atom stereocenters. The van der Waals surface area contributed by atoms with E-state index in [0.29, 0.717) is 5.01 Å². The topological polar surface area (TPSA) is 85.4 Å². The molecular weight excluding hydrogens is 390 g/mol. The van der Waals surface area contributed by atoms with Crippen LogP contribution in [0.25, 0.3) is 21.3 Å². The second-order valence-corrected chi connectivity index (χ2v) is 11.7. The van der Waals surface area contributed by atoms with E-state index in [9.17, 15) is 8.42 Å². The van der Waals surface area contributed by atoms with Crippen LogP contribution < -0.4 is 5.73 Å². The molecule has 0 saturated heterocycles. The molecule has 1 aliphatic heterocycles. The number of hydrogen-bond acceptors (Lipinski definition) is 6. The number of aryl methyl sites for hydroxylation is 1. The van der Waals surface area contributed by atoms with Crippen LogP contribution in [0.1, 0.15) is 31.3 Å². The minimum atomic E-state index is -3.45. The first kappa shape index (κ1) is 19.1. The maximum atomic E-state index is 12.8. The molecule has 0 fully saturated rings. The normalized spacial score (nSPS) is 23.5. The Hall–Kier alpha value is -2.25. The summed E-state index contributed by atoms with van der Waals surface area (Å²) in [5.41, 5.74) is 9.39. The molecule has 0 radical (unpaired) electrons. The number of aromatic nitrogens is 1. The lowest BCUT2D eigenvalue weighted by Gasteiger charge is -2.36. The number of thiazole rings is 1. The number of hydrogen-bond donors (Lipinski definition) is 1. The zero-order valence-electron chi connectivity index (χ0n) is 16.4. The van der Waals surface area contributed by atoms with Crippen LogP contribution in [0.5, 0.6) is 0 Å². The highest BCUT2D eigenvalue weighted by Crippen LogP contribution is 2.40. The monoisotopic (exact) mass is 413 g/mol. The molecule has 0 saturated carbocycles. The van der Waals surface area contributed by atoms with E-state index in [1.807, 2.05) is 18.2 Å². The molecule has 146 valence electrons. The van der Waals surface area contributed by atoms with Crippen molar-refractivity contribution in [1.82, 2.24) is 4.98 Å². The number of benzene rings is 2. The average Bonchev–Trinajstić information content (AvgIpc) is 3.04. The van der Waals surface area contributed by atoms with Crippen molar-refractivity contribution >= 4 is 37.2 Å². The Morgan fingerprint density at radius 2 is 1.79 bits per heavy atom. The number of nitrogens with two attached hydrogens (primary N) is 1. The molecule has 0 amide bonds. The fourth-order valence-electron chi connectivity index (χ4n) is 3.41. The summed E-state index contributed by atoms with van der Waals surface area (Å²) in [4.78, 5) is 9.28. The summed E-state index contributed by atoms with van der Waals surface area (Å²) in [6.07, 6.45) is 0. The van der Waals surface area contributed by atoms with E-state index < -0.39 is 20.1 Å². The van der Waals surface area contributed by atoms with Crippen LogP contribution >= 0.6 is 11.3 Å². The van der Waals surface area contributed by atoms with Crippen molar-refractivity contribution in [3.8, 4) is 11.1 Å². The van der Waals surface area contributed by atoms with E-state index in [1.165, 1.54) is 16.9 Å². The zero-order chi connectivity index (χ0) is 20.3. The molecule has 1 aliphatic rings. The van der Waals surface area contributed by atoms with Gasteiger partial charge in [-0.15, -0.1) is 11.3 Å². The van der Waals surface area contributed by atoms with E-state index >= 15 is 0 Å². The van der Waals surface area contributed by atoms with Crippen LogP contribution in [-0.4, -0.2) is 29.7 Å². The molecule has 7 heteroatoms. The minimum absolute atomic E-state index is 0.0989. The molecule has 1 aromatic heterocycles. The van der Waals surface area contributed by atoms with Gasteiger partial charge in [-0.1, -0.05) is 35.9 Å². The number of fused-ring (bicyclic) bond motifs is 1. The maximum Gasteiger partial charge on any atom is 0.165 e. The summed E-state index contributed by atoms with van der Waals surface area (Å²) in [6, 6.07) is 14.5. The summed E-state index contributed by atoms with van der Waals surface area (Å²) in [7, 11) is -3.45. The second kappa shape index (κ2) is 6.12. The zero-order valence-corrected chi connectivity index (χ0v) is 18.0. The van der Waals surface area contributed by atoms with Gasteiger partial charge in [-0.05, 0) is 51.0 Å². The third-order valence-corrected chi connectivity index (χ3v) is 9.41. The minimum Gasteiger partial charge on any atom is -0.386 e. The third kappa shape index (κ3) is 2.93. The number of sulfone groups is 1. The molecule has 0 unspecified atom stereocenters. The van der Waals surface area contributed by atoms with Crippen LogP contribution in [0.15, 0.2) is 47.5 Å². The van der Waals surface area contributed by atoms with Crippen molar-refractivity contribution in [2.24, 2.45) is 10.7 Å². The van der Waals surface area contributed by atoms with Gasteiger partial charge < -0.3 is 5.73 Å². The van der Waals surface area contributed by atoms with Crippen molar-refractivity contribution in [2.75, 3.05) is 5.75 Å². The van der Waals surface area contributed by atoms with Gasteiger partial charge in [-0.2, -0.15) is 0 Å². The highest BCUT2D eigenvalue weighted by Gasteiger charge is 2.49. The van der Waals surface area contributed by atoms with Gasteiger partial charge in [0, 0.05) is 0 Å². The van der Waals surface area contributed by atoms with Gasteiger partial charge >= 0.3 is 0 Å². The first-order chi connectivity index (χ1) is 13.0. The maximum absolute atomic E-state index is 12.8. The van der Waals surface area contributed by atoms with Crippen LogP contribution in [0.2, 0.25) is 0 Å². The van der Waals surface area contributed by atoms with Gasteiger partial charge in [0.15, 0.2) is 9.84 Å². The third-order valence-electron chi connectivity index (χ3n) is 5.43. The van der Waals surface area contributed by atoms with Gasteiger partial charge in [0.25, 0.3) is 0 Å². The van der Waals surface area contributed by atoms with E-state index in [2.05, 4.69) is 36.2 Å². The first-order valence-corrected chi connectivity index (χ1v) is 11.5. The fourth-order valence-corrected chi connectivity index (χ4v) is 6.26. The van der Waals surface area contributed by atoms with Crippen LogP contribution in [-0.2, 0) is 15.4 Å². The SMILES string of the molecule is Cc1cccc(-c2ccc3nc([C@]4(C)CS(=O)(=O)C(C)(C)C(N)=N4)sc3c2)c1. The van der Waals surface area contributed by atoms with Crippen LogP contribution in [0.3, 0.4) is 0 Å². The molecule has 2 heterocycles. The molecule has 4 rings (SSSR count). The van der Waals surface area contributed by atoms with Gasteiger partial charge in [0.05, 0.1) is 16.0 Å². The molecule has 0 aliphatic carbocycles. The highest BCUT2D eigenvalue weighted by atomic mass is 32.2. The summed E-state index contributed by atoms with van der Waals surface area (Å²) in [6.45, 7) is 7.08. The second-order valence-electron chi connectivity index (χ2n) is 8.11. The highest BCUT2D eigenvalue weighted by molar-refractivity contribution is 7.93. The van der Waals surface area contributed by atoms with Crippen molar-refractivity contribution in [1.29, 1.82) is 0 Å². The molecule has 28 heavy (non-hydrogen) atoms. The number of nitrogens with zero attached hydrogens (tertiary/aromatic N) is 2.